The first-order valence-electron chi connectivity index (χ1n) is 5.79. The fourth-order valence-electron chi connectivity index (χ4n) is 1.58. The Balaban J connectivity index is 2.01. The van der Waals surface area contributed by atoms with Gasteiger partial charge in [-0.3, -0.25) is 0 Å². The van der Waals surface area contributed by atoms with Crippen molar-refractivity contribution in [3.63, 3.8) is 0 Å². The third-order valence-corrected chi connectivity index (χ3v) is 2.53. The molecule has 0 unspecified atom stereocenters. The molecule has 2 rings (SSSR count). The van der Waals surface area contributed by atoms with Crippen LogP contribution in [0.4, 0.5) is 20.6 Å². The number of hydrogen-bond acceptors (Lipinski definition) is 3. The molecule has 0 fully saturated rings. The number of phenolic OH excluding ortho intramolecular Hbond substituents is 1. The van der Waals surface area contributed by atoms with Gasteiger partial charge in [-0.15, -0.1) is 0 Å². The normalized spacial score (nSPS) is 9.90. The van der Waals surface area contributed by atoms with Crippen molar-refractivity contribution in [2.75, 3.05) is 17.7 Å². The molecule has 0 radical (unpaired) electrons. The molecule has 0 heterocycles. The molecule has 0 bridgehead atoms. The number of hydrogen-bond donors (Lipinski definition) is 3. The molecule has 2 aromatic rings. The average molecular weight is 276 g/mol. The van der Waals surface area contributed by atoms with Crippen molar-refractivity contribution in [2.45, 2.75) is 0 Å². The van der Waals surface area contributed by atoms with Crippen molar-refractivity contribution in [3.8, 4) is 11.5 Å². The number of ether oxygens (including phenoxy) is 1. The number of aromatic hydroxyl groups is 1. The maximum absolute atomic E-state index is 13.4. The Labute approximate surface area is 115 Å². The van der Waals surface area contributed by atoms with Crippen molar-refractivity contribution < 1.29 is 19.0 Å². The molecule has 20 heavy (non-hydrogen) atoms. The minimum absolute atomic E-state index is 0.105. The van der Waals surface area contributed by atoms with Crippen LogP contribution in [0.5, 0.6) is 11.5 Å². The number of nitrogens with one attached hydrogen (secondary N) is 2. The van der Waals surface area contributed by atoms with Crippen LogP contribution < -0.4 is 15.4 Å². The number of rotatable bonds is 3. The van der Waals surface area contributed by atoms with Gasteiger partial charge in [0.15, 0.2) is 11.6 Å². The standard InChI is InChI=1S/C14H13FN2O3/c1-20-13-7-4-10(8-12(13)15)17-14(19)16-9-2-5-11(18)6-3-9/h2-8,18H,1H3,(H2,16,17,19). The van der Waals surface area contributed by atoms with Crippen LogP contribution in [0.3, 0.4) is 0 Å². The van der Waals surface area contributed by atoms with E-state index in [4.69, 9.17) is 9.84 Å². The Morgan fingerprint density at radius 2 is 1.70 bits per heavy atom. The molecule has 0 saturated carbocycles. The van der Waals surface area contributed by atoms with Crippen molar-refractivity contribution in [1.82, 2.24) is 0 Å². The van der Waals surface area contributed by atoms with Crippen LogP contribution in [0.15, 0.2) is 42.5 Å². The van der Waals surface area contributed by atoms with E-state index in [1.165, 1.54) is 31.4 Å². The maximum atomic E-state index is 13.4. The number of benzene rings is 2. The summed E-state index contributed by atoms with van der Waals surface area (Å²) < 4.78 is 18.2. The molecule has 0 spiro atoms. The molecule has 104 valence electrons. The smallest absolute Gasteiger partial charge is 0.323 e. The Morgan fingerprint density at radius 3 is 2.30 bits per heavy atom. The van der Waals surface area contributed by atoms with Crippen molar-refractivity contribution in [2.24, 2.45) is 0 Å². The van der Waals surface area contributed by atoms with Gasteiger partial charge < -0.3 is 20.5 Å². The fraction of sp³-hybridized carbons (Fsp3) is 0.0714. The van der Waals surface area contributed by atoms with Gasteiger partial charge in [-0.05, 0) is 36.4 Å². The van der Waals surface area contributed by atoms with Gasteiger partial charge in [-0.1, -0.05) is 0 Å². The number of halogens is 1. The summed E-state index contributed by atoms with van der Waals surface area (Å²) in [4.78, 5) is 11.7. The van der Waals surface area contributed by atoms with Gasteiger partial charge >= 0.3 is 6.03 Å². The van der Waals surface area contributed by atoms with Crippen molar-refractivity contribution >= 4 is 17.4 Å². The van der Waals surface area contributed by atoms with Gasteiger partial charge in [-0.2, -0.15) is 0 Å². The SMILES string of the molecule is COc1ccc(NC(=O)Nc2ccc(O)cc2)cc1F. The number of anilines is 2. The van der Waals surface area contributed by atoms with E-state index >= 15 is 0 Å². The number of carbonyl (C=O) groups is 1. The molecule has 2 aromatic carbocycles. The average Bonchev–Trinajstić information content (AvgIpc) is 2.41. The molecule has 0 aliphatic rings. The summed E-state index contributed by atoms with van der Waals surface area (Å²) in [6, 6.07) is 9.58. The number of amides is 2. The van der Waals surface area contributed by atoms with Crippen LogP contribution in [0.2, 0.25) is 0 Å². The van der Waals surface area contributed by atoms with Crippen LogP contribution in [0.1, 0.15) is 0 Å². The fourth-order valence-corrected chi connectivity index (χ4v) is 1.58. The van der Waals surface area contributed by atoms with Gasteiger partial charge in [0.2, 0.25) is 0 Å². The lowest BCUT2D eigenvalue weighted by molar-refractivity contribution is 0.262. The highest BCUT2D eigenvalue weighted by Gasteiger charge is 2.06. The van der Waals surface area contributed by atoms with E-state index in [2.05, 4.69) is 10.6 Å². The second-order valence-corrected chi connectivity index (χ2v) is 3.98. The number of methoxy groups -OCH3 is 1. The first kappa shape index (κ1) is 13.7. The number of phenols is 1. The quantitative estimate of drug-likeness (QED) is 0.754. The molecule has 5 nitrogen and oxygen atoms in total. The minimum atomic E-state index is -0.560. The van der Waals surface area contributed by atoms with E-state index in [9.17, 15) is 9.18 Å². The zero-order chi connectivity index (χ0) is 14.5. The Hall–Kier alpha value is -2.76. The second-order valence-electron chi connectivity index (χ2n) is 3.98. The summed E-state index contributed by atoms with van der Waals surface area (Å²) in [7, 11) is 1.36. The van der Waals surface area contributed by atoms with E-state index in [1.807, 2.05) is 0 Å². The topological polar surface area (TPSA) is 70.6 Å². The summed E-state index contributed by atoms with van der Waals surface area (Å²) in [5.74, 6) is -0.349. The lowest BCUT2D eigenvalue weighted by atomic mass is 10.3. The highest BCUT2D eigenvalue weighted by molar-refractivity contribution is 5.99. The van der Waals surface area contributed by atoms with Crippen molar-refractivity contribution in [1.29, 1.82) is 0 Å². The molecule has 0 atom stereocenters. The highest BCUT2D eigenvalue weighted by atomic mass is 19.1. The third kappa shape index (κ3) is 3.38. The van der Waals surface area contributed by atoms with E-state index in [1.54, 1.807) is 12.1 Å². The second kappa shape index (κ2) is 5.92. The largest absolute Gasteiger partial charge is 0.508 e. The van der Waals surface area contributed by atoms with Crippen LogP contribution in [0, 0.1) is 5.82 Å². The van der Waals surface area contributed by atoms with Gasteiger partial charge in [-0.25, -0.2) is 9.18 Å². The summed E-state index contributed by atoms with van der Waals surface area (Å²) in [6.45, 7) is 0. The van der Waals surface area contributed by atoms with Gasteiger partial charge in [0, 0.05) is 17.4 Å². The minimum Gasteiger partial charge on any atom is -0.508 e. The molecule has 0 aliphatic carbocycles. The Morgan fingerprint density at radius 1 is 1.10 bits per heavy atom. The molecule has 0 aliphatic heterocycles. The Bertz CT molecular complexity index is 614. The van der Waals surface area contributed by atoms with E-state index in [0.29, 0.717) is 11.4 Å². The third-order valence-electron chi connectivity index (χ3n) is 2.53. The highest BCUT2D eigenvalue weighted by Crippen LogP contribution is 2.21. The van der Waals surface area contributed by atoms with Crippen LogP contribution in [0.25, 0.3) is 0 Å². The van der Waals surface area contributed by atoms with E-state index in [-0.39, 0.29) is 11.5 Å². The predicted molar refractivity (Wildman–Crippen MR) is 73.7 cm³/mol. The molecule has 2 amide bonds. The first-order chi connectivity index (χ1) is 9.58. The molecular formula is C14H13FN2O3. The van der Waals surface area contributed by atoms with Crippen LogP contribution >= 0.6 is 0 Å². The molecule has 0 aromatic heterocycles. The maximum Gasteiger partial charge on any atom is 0.323 e. The van der Waals surface area contributed by atoms with Gasteiger partial charge in [0.05, 0.1) is 7.11 Å². The molecule has 6 heteroatoms. The van der Waals surface area contributed by atoms with E-state index in [0.717, 1.165) is 6.07 Å². The van der Waals surface area contributed by atoms with Crippen molar-refractivity contribution in [3.05, 3.63) is 48.3 Å². The summed E-state index contributed by atoms with van der Waals surface area (Å²) >= 11 is 0. The number of urea groups is 1. The van der Waals surface area contributed by atoms with Crippen LogP contribution in [-0.4, -0.2) is 18.2 Å². The van der Waals surface area contributed by atoms with E-state index < -0.39 is 11.8 Å². The molecular weight excluding hydrogens is 263 g/mol. The Kier molecular flexibility index (Phi) is 4.05. The zero-order valence-electron chi connectivity index (χ0n) is 10.7. The molecule has 0 saturated heterocycles. The lowest BCUT2D eigenvalue weighted by Crippen LogP contribution is -2.19. The van der Waals surface area contributed by atoms with Gasteiger partial charge in [0.1, 0.15) is 5.75 Å². The van der Waals surface area contributed by atoms with Crippen LogP contribution in [-0.2, 0) is 0 Å². The summed E-state index contributed by atoms with van der Waals surface area (Å²) in [5.41, 5.74) is 0.814. The number of carbonyl (C=O) groups excluding carboxylic acids is 1. The summed E-state index contributed by atoms with van der Waals surface area (Å²) in [5, 5.41) is 14.2. The monoisotopic (exact) mass is 276 g/mol. The molecule has 3 N–H and O–H groups in total. The zero-order valence-corrected chi connectivity index (χ0v) is 10.7. The first-order valence-corrected chi connectivity index (χ1v) is 5.79. The lowest BCUT2D eigenvalue weighted by Gasteiger charge is -2.09. The van der Waals surface area contributed by atoms with Gasteiger partial charge in [0.25, 0.3) is 0 Å². The summed E-state index contributed by atoms with van der Waals surface area (Å²) in [6.07, 6.45) is 0. The predicted octanol–water partition coefficient (Wildman–Crippen LogP) is 3.18.